The Kier molecular flexibility index (Phi) is 8.61. The summed E-state index contributed by atoms with van der Waals surface area (Å²) in [6, 6.07) is 0. The van der Waals surface area contributed by atoms with E-state index in [4.69, 9.17) is 0 Å². The molecule has 0 rings (SSSR count). The fraction of sp³-hybridized carbons (Fsp3) is 0.800. The van der Waals surface area contributed by atoms with E-state index in [2.05, 4.69) is 11.3 Å². The highest BCUT2D eigenvalue weighted by molar-refractivity contribution is 5.81. The molecule has 0 fully saturated rings. The van der Waals surface area contributed by atoms with Gasteiger partial charge in [-0.15, -0.1) is 0 Å². The van der Waals surface area contributed by atoms with Crippen LogP contribution in [-0.2, 0) is 9.53 Å². The van der Waals surface area contributed by atoms with Gasteiger partial charge in [-0.3, -0.25) is 0 Å². The smallest absolute Gasteiger partial charge is 0.393 e. The van der Waals surface area contributed by atoms with Crippen LogP contribution in [0.1, 0.15) is 6.92 Å². The minimum atomic E-state index is -9.23. The van der Waals surface area contributed by atoms with Gasteiger partial charge in [-0.2, -0.15) is 87.8 Å². The standard InChI is InChI=1S/C15H7F21O2/c1-3-5(37)38-15(35,36)14(33,34)13(31,32)12(29,30)11(27,28)10(25,26)9(23,24)8(21,22)7(19,20)6(17,18)4(2)16/h3-4H,1H2,2H3. The molecule has 0 bridgehead atoms. The van der Waals surface area contributed by atoms with Crippen molar-refractivity contribution < 1.29 is 102 Å². The molecular formula is C15H7F21O2. The molecule has 0 heterocycles. The Bertz CT molecular complexity index is 902. The number of alkyl halides is 21. The number of hydrogen-bond donors (Lipinski definition) is 0. The van der Waals surface area contributed by atoms with Crippen LogP contribution in [0.25, 0.3) is 0 Å². The number of rotatable bonds is 12. The Morgan fingerprint density at radius 1 is 0.553 bits per heavy atom. The summed E-state index contributed by atoms with van der Waals surface area (Å²) in [6.07, 6.45) is -12.7. The summed E-state index contributed by atoms with van der Waals surface area (Å²) in [6.45, 7) is 1.39. The first-order chi connectivity index (χ1) is 16.1. The molecule has 0 saturated carbocycles. The van der Waals surface area contributed by atoms with E-state index in [0.29, 0.717) is 0 Å². The summed E-state index contributed by atoms with van der Waals surface area (Å²) < 4.78 is 283. The van der Waals surface area contributed by atoms with Crippen molar-refractivity contribution in [3.8, 4) is 0 Å². The van der Waals surface area contributed by atoms with Gasteiger partial charge in [-0.25, -0.2) is 9.18 Å². The van der Waals surface area contributed by atoms with Crippen LogP contribution < -0.4 is 0 Å². The molecule has 1 atom stereocenters. The first kappa shape index (κ1) is 35.7. The summed E-state index contributed by atoms with van der Waals surface area (Å²) >= 11 is 0. The van der Waals surface area contributed by atoms with Gasteiger partial charge in [-0.05, 0) is 6.92 Å². The van der Waals surface area contributed by atoms with Gasteiger partial charge in [0.2, 0.25) is 0 Å². The van der Waals surface area contributed by atoms with Crippen molar-refractivity contribution in [3.05, 3.63) is 12.7 Å². The van der Waals surface area contributed by atoms with E-state index in [1.807, 2.05) is 0 Å². The molecule has 0 N–H and O–H groups in total. The average molecular weight is 618 g/mol. The third-order valence-electron chi connectivity index (χ3n) is 4.44. The lowest BCUT2D eigenvalue weighted by Gasteiger charge is -2.44. The van der Waals surface area contributed by atoms with Crippen LogP contribution in [0.3, 0.4) is 0 Å². The third-order valence-corrected chi connectivity index (χ3v) is 4.44. The van der Waals surface area contributed by atoms with Gasteiger partial charge < -0.3 is 4.74 Å². The van der Waals surface area contributed by atoms with Crippen LogP contribution in [-0.4, -0.2) is 71.6 Å². The summed E-state index contributed by atoms with van der Waals surface area (Å²) in [5.74, 6) is -80.9. The molecule has 0 aromatic rings. The number of ether oxygens (including phenoxy) is 1. The second-order valence-electron chi connectivity index (χ2n) is 6.98. The molecule has 0 aromatic heterocycles. The molecule has 0 spiro atoms. The summed E-state index contributed by atoms with van der Waals surface area (Å²) in [4.78, 5) is 10.5. The van der Waals surface area contributed by atoms with Crippen molar-refractivity contribution in [1.29, 1.82) is 0 Å². The molecule has 1 unspecified atom stereocenters. The zero-order valence-corrected chi connectivity index (χ0v) is 17.1. The number of halogens is 21. The summed E-state index contributed by atoms with van der Waals surface area (Å²) in [7, 11) is 0. The lowest BCUT2D eigenvalue weighted by atomic mass is 9.85. The topological polar surface area (TPSA) is 26.3 Å². The normalized spacial score (nSPS) is 16.8. The van der Waals surface area contributed by atoms with E-state index in [1.54, 1.807) is 0 Å². The molecule has 0 radical (unpaired) electrons. The first-order valence-corrected chi connectivity index (χ1v) is 8.42. The molecule has 38 heavy (non-hydrogen) atoms. The predicted octanol–water partition coefficient (Wildman–Crippen LogP) is 7.38. The highest BCUT2D eigenvalue weighted by atomic mass is 19.4. The summed E-state index contributed by atoms with van der Waals surface area (Å²) in [5.41, 5.74) is 0. The van der Waals surface area contributed by atoms with Crippen molar-refractivity contribution in [2.75, 3.05) is 0 Å². The maximum Gasteiger partial charge on any atom is 0.473 e. The molecule has 0 aliphatic carbocycles. The van der Waals surface area contributed by atoms with Gasteiger partial charge in [0.1, 0.15) is 0 Å². The fourth-order valence-electron chi connectivity index (χ4n) is 2.06. The van der Waals surface area contributed by atoms with Crippen molar-refractivity contribution in [1.82, 2.24) is 0 Å². The second-order valence-corrected chi connectivity index (χ2v) is 6.98. The monoisotopic (exact) mass is 618 g/mol. The van der Waals surface area contributed by atoms with E-state index in [1.165, 1.54) is 0 Å². The van der Waals surface area contributed by atoms with Crippen molar-refractivity contribution in [2.45, 2.75) is 72.5 Å². The first-order valence-electron chi connectivity index (χ1n) is 8.42. The van der Waals surface area contributed by atoms with Gasteiger partial charge in [0.25, 0.3) is 0 Å². The number of hydrogen-bond acceptors (Lipinski definition) is 2. The van der Waals surface area contributed by atoms with E-state index >= 15 is 0 Å². The second kappa shape index (κ2) is 9.15. The van der Waals surface area contributed by atoms with Gasteiger partial charge in [0.05, 0.1) is 0 Å². The van der Waals surface area contributed by atoms with Gasteiger partial charge in [0, 0.05) is 6.08 Å². The van der Waals surface area contributed by atoms with Crippen LogP contribution in [0.15, 0.2) is 12.7 Å². The van der Waals surface area contributed by atoms with Crippen LogP contribution in [0.2, 0.25) is 0 Å². The Morgan fingerprint density at radius 3 is 1.03 bits per heavy atom. The molecule has 0 aliphatic rings. The maximum atomic E-state index is 13.6. The Balaban J connectivity index is 7.13. The van der Waals surface area contributed by atoms with Gasteiger partial charge >= 0.3 is 65.4 Å². The molecule has 0 aromatic carbocycles. The third kappa shape index (κ3) is 4.30. The predicted molar refractivity (Wildman–Crippen MR) is 76.3 cm³/mol. The Morgan fingerprint density at radius 2 is 0.789 bits per heavy atom. The summed E-state index contributed by atoms with van der Waals surface area (Å²) in [5, 5.41) is 0. The van der Waals surface area contributed by atoms with Gasteiger partial charge in [0.15, 0.2) is 6.17 Å². The van der Waals surface area contributed by atoms with E-state index in [9.17, 15) is 97.0 Å². The molecule has 2 nitrogen and oxygen atoms in total. The van der Waals surface area contributed by atoms with Crippen molar-refractivity contribution >= 4 is 5.97 Å². The maximum absolute atomic E-state index is 13.6. The van der Waals surface area contributed by atoms with E-state index < -0.39 is 84.6 Å². The lowest BCUT2D eigenvalue weighted by Crippen LogP contribution is -2.77. The SMILES string of the molecule is C=CC(=O)OC(F)(F)C(F)(F)C(F)(F)C(F)(F)C(F)(F)C(F)(F)C(F)(F)C(F)(F)C(F)(F)C(F)(F)C(C)F. The molecule has 23 heteroatoms. The quantitative estimate of drug-likeness (QED) is 0.130. The average Bonchev–Trinajstić information content (AvgIpc) is 2.71. The van der Waals surface area contributed by atoms with Crippen LogP contribution >= 0.6 is 0 Å². The molecule has 226 valence electrons. The minimum absolute atomic E-state index is 0.583. The Hall–Kier alpha value is -2.26. The van der Waals surface area contributed by atoms with Crippen molar-refractivity contribution in [3.63, 3.8) is 0 Å². The van der Waals surface area contributed by atoms with Crippen molar-refractivity contribution in [2.24, 2.45) is 0 Å². The van der Waals surface area contributed by atoms with Crippen LogP contribution in [0.5, 0.6) is 0 Å². The lowest BCUT2D eigenvalue weighted by molar-refractivity contribution is -0.479. The Labute approximate surface area is 194 Å². The molecular weight excluding hydrogens is 611 g/mol. The fourth-order valence-corrected chi connectivity index (χ4v) is 2.06. The molecule has 0 aliphatic heterocycles. The molecule has 0 amide bonds. The van der Waals surface area contributed by atoms with Crippen LogP contribution in [0, 0.1) is 0 Å². The van der Waals surface area contributed by atoms with Gasteiger partial charge in [-0.1, -0.05) is 6.58 Å². The van der Waals surface area contributed by atoms with E-state index in [-0.39, 0.29) is 0 Å². The number of carbonyl (C=O) groups excluding carboxylic acids is 1. The molecule has 0 saturated heterocycles. The zero-order valence-electron chi connectivity index (χ0n) is 17.1. The zero-order chi connectivity index (χ0) is 31.6. The minimum Gasteiger partial charge on any atom is -0.393 e. The van der Waals surface area contributed by atoms with E-state index in [0.717, 1.165) is 0 Å². The van der Waals surface area contributed by atoms with Crippen LogP contribution in [0.4, 0.5) is 92.2 Å². The number of esters is 1. The number of carbonyl (C=O) groups is 1. The highest BCUT2D eigenvalue weighted by Gasteiger charge is 2.98. The highest BCUT2D eigenvalue weighted by Crippen LogP contribution is 2.66. The largest absolute Gasteiger partial charge is 0.473 e.